The fourth-order valence-corrected chi connectivity index (χ4v) is 2.86. The third-order valence-electron chi connectivity index (χ3n) is 4.27. The van der Waals surface area contributed by atoms with Crippen molar-refractivity contribution in [2.24, 2.45) is 0 Å². The molecular weight excluding hydrogens is 376 g/mol. The van der Waals surface area contributed by atoms with Crippen LogP contribution in [-0.2, 0) is 16.0 Å². The number of hydrogen-bond acceptors (Lipinski definition) is 6. The van der Waals surface area contributed by atoms with Crippen molar-refractivity contribution in [2.75, 3.05) is 7.11 Å². The highest BCUT2D eigenvalue weighted by Crippen LogP contribution is 2.30. The number of nitro groups is 1. The van der Waals surface area contributed by atoms with Gasteiger partial charge in [-0.15, -0.1) is 0 Å². The standard InChI is InChI=1S/C21H18N2O6/c1-28-21(25)16(13-14-7-3-2-4-8-14)22-20(24)19-12-11-18(29-19)15-9-5-6-10-17(15)23(26)27/h2-12,16H,13H2,1H3,(H,22,24)/t16-/m1/s1. The number of hydrogen-bond donors (Lipinski definition) is 1. The van der Waals surface area contributed by atoms with E-state index in [-0.39, 0.29) is 29.2 Å². The van der Waals surface area contributed by atoms with Gasteiger partial charge in [-0.05, 0) is 23.8 Å². The lowest BCUT2D eigenvalue weighted by molar-refractivity contribution is -0.384. The van der Waals surface area contributed by atoms with E-state index in [1.54, 1.807) is 12.1 Å². The zero-order valence-electron chi connectivity index (χ0n) is 15.5. The van der Waals surface area contributed by atoms with Gasteiger partial charge >= 0.3 is 5.97 Å². The van der Waals surface area contributed by atoms with Gasteiger partial charge in [0.25, 0.3) is 11.6 Å². The molecule has 0 radical (unpaired) electrons. The molecule has 3 aromatic rings. The zero-order chi connectivity index (χ0) is 20.8. The topological polar surface area (TPSA) is 112 Å². The molecule has 8 heteroatoms. The molecule has 1 atom stereocenters. The number of carbonyl (C=O) groups excluding carboxylic acids is 2. The Labute approximate surface area is 166 Å². The van der Waals surface area contributed by atoms with Crippen molar-refractivity contribution in [3.8, 4) is 11.3 Å². The molecule has 1 amide bonds. The van der Waals surface area contributed by atoms with Crippen LogP contribution < -0.4 is 5.32 Å². The summed E-state index contributed by atoms with van der Waals surface area (Å²) in [6.45, 7) is 0. The normalized spacial score (nSPS) is 11.5. The predicted molar refractivity (Wildman–Crippen MR) is 104 cm³/mol. The molecular formula is C21H18N2O6. The minimum absolute atomic E-state index is 0.0693. The number of para-hydroxylation sites is 1. The second-order valence-electron chi connectivity index (χ2n) is 6.18. The second-order valence-corrected chi connectivity index (χ2v) is 6.18. The molecule has 29 heavy (non-hydrogen) atoms. The lowest BCUT2D eigenvalue weighted by Crippen LogP contribution is -2.42. The van der Waals surface area contributed by atoms with Gasteiger partial charge < -0.3 is 14.5 Å². The average molecular weight is 394 g/mol. The number of ether oxygens (including phenoxy) is 1. The molecule has 1 aromatic heterocycles. The number of methoxy groups -OCH3 is 1. The van der Waals surface area contributed by atoms with E-state index in [0.717, 1.165) is 5.56 Å². The summed E-state index contributed by atoms with van der Waals surface area (Å²) in [4.78, 5) is 35.3. The Bertz CT molecular complexity index is 1030. The molecule has 8 nitrogen and oxygen atoms in total. The van der Waals surface area contributed by atoms with E-state index in [2.05, 4.69) is 5.32 Å². The minimum Gasteiger partial charge on any atom is -0.467 e. The van der Waals surface area contributed by atoms with E-state index in [4.69, 9.17) is 9.15 Å². The van der Waals surface area contributed by atoms with Crippen LogP contribution in [0, 0.1) is 10.1 Å². The highest BCUT2D eigenvalue weighted by molar-refractivity contribution is 5.95. The van der Waals surface area contributed by atoms with Crippen LogP contribution in [0.4, 0.5) is 5.69 Å². The van der Waals surface area contributed by atoms with E-state index in [0.29, 0.717) is 0 Å². The largest absolute Gasteiger partial charge is 0.467 e. The molecule has 2 aromatic carbocycles. The number of nitrogens with one attached hydrogen (secondary N) is 1. The van der Waals surface area contributed by atoms with Crippen molar-refractivity contribution in [3.63, 3.8) is 0 Å². The molecule has 0 spiro atoms. The molecule has 0 aliphatic heterocycles. The van der Waals surface area contributed by atoms with Gasteiger partial charge in [0.2, 0.25) is 0 Å². The lowest BCUT2D eigenvalue weighted by Gasteiger charge is -2.15. The number of nitro benzene ring substituents is 1. The first kappa shape index (κ1) is 19.8. The van der Waals surface area contributed by atoms with Crippen molar-refractivity contribution in [2.45, 2.75) is 12.5 Å². The number of benzene rings is 2. The quantitative estimate of drug-likeness (QED) is 0.374. The molecule has 1 heterocycles. The van der Waals surface area contributed by atoms with Gasteiger partial charge in [-0.3, -0.25) is 14.9 Å². The van der Waals surface area contributed by atoms with Crippen LogP contribution in [0.5, 0.6) is 0 Å². The SMILES string of the molecule is COC(=O)[C@@H](Cc1ccccc1)NC(=O)c1ccc(-c2ccccc2[N+](=O)[O-])o1. The Morgan fingerprint density at radius 2 is 1.76 bits per heavy atom. The molecule has 0 aliphatic rings. The number of amides is 1. The van der Waals surface area contributed by atoms with Crippen LogP contribution in [0.25, 0.3) is 11.3 Å². The third kappa shape index (κ3) is 4.67. The maximum atomic E-state index is 12.6. The summed E-state index contributed by atoms with van der Waals surface area (Å²) in [7, 11) is 1.24. The first-order chi connectivity index (χ1) is 14.0. The highest BCUT2D eigenvalue weighted by atomic mass is 16.6. The van der Waals surface area contributed by atoms with Crippen LogP contribution in [0.15, 0.2) is 71.1 Å². The second kappa shape index (κ2) is 8.83. The van der Waals surface area contributed by atoms with Crippen molar-refractivity contribution >= 4 is 17.6 Å². The Kier molecular flexibility index (Phi) is 6.03. The Morgan fingerprint density at radius 3 is 2.45 bits per heavy atom. The molecule has 0 bridgehead atoms. The maximum Gasteiger partial charge on any atom is 0.328 e. The van der Waals surface area contributed by atoms with Gasteiger partial charge in [-0.1, -0.05) is 42.5 Å². The highest BCUT2D eigenvalue weighted by Gasteiger charge is 2.25. The minimum atomic E-state index is -0.908. The molecule has 0 unspecified atom stereocenters. The van der Waals surface area contributed by atoms with E-state index in [1.807, 2.05) is 30.3 Å². The van der Waals surface area contributed by atoms with Crippen LogP contribution in [0.1, 0.15) is 16.1 Å². The zero-order valence-corrected chi connectivity index (χ0v) is 15.5. The summed E-state index contributed by atoms with van der Waals surface area (Å²) in [6.07, 6.45) is 0.247. The van der Waals surface area contributed by atoms with E-state index in [1.165, 1.54) is 31.4 Å². The summed E-state index contributed by atoms with van der Waals surface area (Å²) >= 11 is 0. The first-order valence-corrected chi connectivity index (χ1v) is 8.76. The van der Waals surface area contributed by atoms with Crippen LogP contribution in [0.3, 0.4) is 0 Å². The Balaban J connectivity index is 1.80. The molecule has 0 aliphatic carbocycles. The monoisotopic (exact) mass is 394 g/mol. The Hall–Kier alpha value is -3.94. The molecule has 0 saturated heterocycles. The summed E-state index contributed by atoms with van der Waals surface area (Å²) in [6, 6.07) is 17.2. The van der Waals surface area contributed by atoms with Gasteiger partial charge in [0.1, 0.15) is 11.8 Å². The van der Waals surface area contributed by atoms with Crippen molar-refractivity contribution in [3.05, 3.63) is 88.2 Å². The fraction of sp³-hybridized carbons (Fsp3) is 0.143. The summed E-state index contributed by atoms with van der Waals surface area (Å²) in [5.41, 5.74) is 0.971. The van der Waals surface area contributed by atoms with E-state index in [9.17, 15) is 19.7 Å². The molecule has 3 rings (SSSR count). The van der Waals surface area contributed by atoms with E-state index >= 15 is 0 Å². The van der Waals surface area contributed by atoms with E-state index < -0.39 is 22.8 Å². The first-order valence-electron chi connectivity index (χ1n) is 8.76. The maximum absolute atomic E-state index is 12.6. The number of carbonyl (C=O) groups is 2. The van der Waals surface area contributed by atoms with Gasteiger partial charge in [0.05, 0.1) is 17.6 Å². The smallest absolute Gasteiger partial charge is 0.328 e. The van der Waals surface area contributed by atoms with Gasteiger partial charge in [0.15, 0.2) is 5.76 Å². The van der Waals surface area contributed by atoms with Gasteiger partial charge in [-0.2, -0.15) is 0 Å². The predicted octanol–water partition coefficient (Wildman–Crippen LogP) is 3.37. The number of esters is 1. The summed E-state index contributed by atoms with van der Waals surface area (Å²) < 4.78 is 10.3. The van der Waals surface area contributed by atoms with Crippen molar-refractivity contribution in [1.82, 2.24) is 5.32 Å². The third-order valence-corrected chi connectivity index (χ3v) is 4.27. The summed E-state index contributed by atoms with van der Waals surface area (Å²) in [5, 5.41) is 13.8. The number of furan rings is 1. The van der Waals surface area contributed by atoms with Crippen molar-refractivity contribution < 1.29 is 23.7 Å². The fourth-order valence-electron chi connectivity index (χ4n) is 2.86. The number of rotatable bonds is 7. The van der Waals surface area contributed by atoms with Crippen molar-refractivity contribution in [1.29, 1.82) is 0 Å². The average Bonchev–Trinajstić information content (AvgIpc) is 3.23. The number of nitrogens with zero attached hydrogens (tertiary/aromatic N) is 1. The molecule has 148 valence electrons. The molecule has 1 N–H and O–H groups in total. The lowest BCUT2D eigenvalue weighted by atomic mass is 10.1. The molecule has 0 saturated carbocycles. The summed E-state index contributed by atoms with van der Waals surface area (Å²) in [5.74, 6) is -1.10. The van der Waals surface area contributed by atoms with Gasteiger partial charge in [0, 0.05) is 12.5 Å². The van der Waals surface area contributed by atoms with Crippen LogP contribution in [0.2, 0.25) is 0 Å². The van der Waals surface area contributed by atoms with Crippen LogP contribution >= 0.6 is 0 Å². The van der Waals surface area contributed by atoms with Gasteiger partial charge in [-0.25, -0.2) is 4.79 Å². The Morgan fingerprint density at radius 1 is 1.07 bits per heavy atom. The molecule has 0 fully saturated rings. The van der Waals surface area contributed by atoms with Crippen LogP contribution in [-0.4, -0.2) is 30.0 Å².